The molecule has 11 heteroatoms. The Labute approximate surface area is 267 Å². The Morgan fingerprint density at radius 3 is 2.30 bits per heavy atom. The molecule has 0 radical (unpaired) electrons. The maximum atomic E-state index is 13.5. The number of carboxylic acids is 1. The number of ether oxygens (including phenoxy) is 1. The molecule has 4 aromatic rings. The zero-order valence-electron chi connectivity index (χ0n) is 23.8. The van der Waals surface area contributed by atoms with Crippen molar-refractivity contribution in [3.63, 3.8) is 0 Å². The number of aromatic nitrogens is 2. The molecule has 4 rings (SSSR count). The van der Waals surface area contributed by atoms with Crippen molar-refractivity contribution < 1.29 is 27.1 Å². The second kappa shape index (κ2) is 13.7. The first-order valence-corrected chi connectivity index (χ1v) is 12.2. The number of carboxylic acid groups (broad SMARTS) is 1. The molecule has 0 aliphatic rings. The molecular weight excluding hydrogens is 562 g/mol. The molecule has 0 aliphatic carbocycles. The number of nitrogens with one attached hydrogen (secondary N) is 1. The van der Waals surface area contributed by atoms with Gasteiger partial charge in [-0.2, -0.15) is 0 Å². The average Bonchev–Trinajstić information content (AvgIpc) is 2.92. The third-order valence-electron chi connectivity index (χ3n) is 6.04. The van der Waals surface area contributed by atoms with Gasteiger partial charge in [0.05, 0.1) is 18.2 Å². The van der Waals surface area contributed by atoms with Crippen LogP contribution in [0.5, 0.6) is 5.88 Å². The fraction of sp³-hybridized carbons (Fsp3) is 0.138. The molecule has 0 spiro atoms. The summed E-state index contributed by atoms with van der Waals surface area (Å²) in [6, 6.07) is 19.6. The normalized spacial score (nSPS) is 11.2. The van der Waals surface area contributed by atoms with Crippen LogP contribution in [0.15, 0.2) is 83.7 Å². The van der Waals surface area contributed by atoms with Gasteiger partial charge in [0.2, 0.25) is 11.8 Å². The molecule has 202 valence electrons. The Morgan fingerprint density at radius 2 is 1.70 bits per heavy atom. The number of rotatable bonds is 9. The van der Waals surface area contributed by atoms with Crippen molar-refractivity contribution >= 4 is 72.7 Å². The zero-order chi connectivity index (χ0) is 28.1. The van der Waals surface area contributed by atoms with Crippen molar-refractivity contribution in [2.75, 3.05) is 12.4 Å². The van der Waals surface area contributed by atoms with Gasteiger partial charge in [-0.3, -0.25) is 14.4 Å². The van der Waals surface area contributed by atoms with Crippen LogP contribution in [-0.2, 0) is 11.2 Å². The van der Waals surface area contributed by atoms with Gasteiger partial charge in [-0.1, -0.05) is 41.9 Å². The van der Waals surface area contributed by atoms with Gasteiger partial charge in [0.15, 0.2) is 5.78 Å². The van der Waals surface area contributed by atoms with Crippen molar-refractivity contribution in [1.29, 1.82) is 0 Å². The second-order valence-corrected chi connectivity index (χ2v) is 9.11. The first kappa shape index (κ1) is 31.0. The van der Waals surface area contributed by atoms with Crippen molar-refractivity contribution in [3.8, 4) is 17.0 Å². The number of aromatic carboxylic acids is 1. The van der Waals surface area contributed by atoms with E-state index in [9.17, 15) is 19.2 Å². The number of amides is 1. The largest absolute Gasteiger partial charge is 2.00 e. The molecule has 0 aliphatic heterocycles. The minimum Gasteiger partial charge on any atom is -1.00 e. The Morgan fingerprint density at radius 1 is 1.02 bits per heavy atom. The summed E-state index contributed by atoms with van der Waals surface area (Å²) >= 11 is 6.18. The average molecular weight is 588 g/mol. The molecule has 0 bridgehead atoms. The number of methoxy groups -OCH3 is 1. The van der Waals surface area contributed by atoms with Crippen molar-refractivity contribution in [1.82, 2.24) is 9.78 Å². The summed E-state index contributed by atoms with van der Waals surface area (Å²) in [7, 11) is 1.37. The number of Topliss-reactive ketones (excluding diaryl/α,β-unsaturated/α-hetero) is 1. The predicted octanol–water partition coefficient (Wildman–Crippen LogP) is 4.74. The van der Waals surface area contributed by atoms with Gasteiger partial charge >= 0.3 is 43.7 Å². The number of anilines is 1. The Bertz CT molecular complexity index is 1620. The van der Waals surface area contributed by atoms with Gasteiger partial charge in [-0.15, -0.1) is 5.10 Å². The molecule has 0 saturated carbocycles. The maximum absolute atomic E-state index is 13.5. The molecule has 1 atom stereocenters. The summed E-state index contributed by atoms with van der Waals surface area (Å²) in [5.41, 5.74) is 1.57. The van der Waals surface area contributed by atoms with E-state index in [1.807, 2.05) is 30.3 Å². The number of ketones is 1. The second-order valence-electron chi connectivity index (χ2n) is 8.67. The first-order valence-electron chi connectivity index (χ1n) is 11.8. The van der Waals surface area contributed by atoms with Gasteiger partial charge in [-0.25, -0.2) is 9.48 Å². The SMILES string of the molecule is COc1nn([C@@H](Cc2ccccc2)C(=O)Nc2ccc(C(=O)O)cc2)c(=O)cc1-c1cc(Cl)ccc1C(C)=O.[Ca+2].[H-].[H-]. The Hall–Kier alpha value is -3.50. The van der Waals surface area contributed by atoms with Crippen LogP contribution in [0.3, 0.4) is 0 Å². The van der Waals surface area contributed by atoms with Gasteiger partial charge in [-0.05, 0) is 60.5 Å². The minimum atomic E-state index is -1.09. The van der Waals surface area contributed by atoms with E-state index < -0.39 is 23.5 Å². The first-order chi connectivity index (χ1) is 18.7. The number of carbonyl (C=O) groups excluding carboxylic acids is 2. The summed E-state index contributed by atoms with van der Waals surface area (Å²) < 4.78 is 6.53. The molecule has 1 aromatic heterocycles. The number of benzene rings is 3. The van der Waals surface area contributed by atoms with Crippen LogP contribution < -0.4 is 15.6 Å². The number of carbonyl (C=O) groups is 3. The summed E-state index contributed by atoms with van der Waals surface area (Å²) in [6.45, 7) is 1.40. The van der Waals surface area contributed by atoms with E-state index in [0.29, 0.717) is 21.8 Å². The number of nitrogens with zero attached hydrogens (tertiary/aromatic N) is 2. The van der Waals surface area contributed by atoms with E-state index in [4.69, 9.17) is 21.4 Å². The van der Waals surface area contributed by atoms with Crippen LogP contribution in [0.2, 0.25) is 5.02 Å². The molecule has 0 unspecified atom stereocenters. The molecule has 9 nitrogen and oxygen atoms in total. The van der Waals surface area contributed by atoms with Crippen LogP contribution in [0, 0.1) is 0 Å². The standard InChI is InChI=1S/C29H24ClN3O6.Ca.2H/c1-17(34)22-13-10-20(30)15-23(22)24-16-26(35)33(32-28(24)39-2)25(14-18-6-4-3-5-7-18)27(36)31-21-11-8-19(9-12-21)29(37)38;;;/h3-13,15-16,25H,14H2,1-2H3,(H,31,36)(H,37,38);;;/q;+2;2*-1/t25-;;;/m0.../s1. The van der Waals surface area contributed by atoms with E-state index in [-0.39, 0.29) is 69.8 Å². The van der Waals surface area contributed by atoms with Crippen molar-refractivity contribution in [2.45, 2.75) is 19.4 Å². The van der Waals surface area contributed by atoms with E-state index >= 15 is 0 Å². The summed E-state index contributed by atoms with van der Waals surface area (Å²) in [5, 5.41) is 16.6. The Balaban J connectivity index is 0.00000294. The summed E-state index contributed by atoms with van der Waals surface area (Å²) in [6.07, 6.45) is 0.130. The van der Waals surface area contributed by atoms with E-state index in [2.05, 4.69) is 10.4 Å². The van der Waals surface area contributed by atoms with Crippen LogP contribution in [0.4, 0.5) is 5.69 Å². The van der Waals surface area contributed by atoms with Crippen molar-refractivity contribution in [2.24, 2.45) is 0 Å². The quantitative estimate of drug-likeness (QED) is 0.214. The molecule has 1 amide bonds. The van der Waals surface area contributed by atoms with Gasteiger partial charge < -0.3 is 18.0 Å². The van der Waals surface area contributed by atoms with E-state index in [1.165, 1.54) is 44.4 Å². The van der Waals surface area contributed by atoms with Crippen molar-refractivity contribution in [3.05, 3.63) is 111 Å². The predicted molar refractivity (Wildman–Crippen MR) is 155 cm³/mol. The monoisotopic (exact) mass is 587 g/mol. The van der Waals surface area contributed by atoms with Gasteiger partial charge in [0, 0.05) is 28.8 Å². The number of hydrogen-bond donors (Lipinski definition) is 2. The van der Waals surface area contributed by atoms with E-state index in [1.54, 1.807) is 18.2 Å². The Kier molecular flexibility index (Phi) is 10.6. The maximum Gasteiger partial charge on any atom is 2.00 e. The number of halogens is 1. The van der Waals surface area contributed by atoms with E-state index in [0.717, 1.165) is 10.2 Å². The molecule has 0 saturated heterocycles. The topological polar surface area (TPSA) is 128 Å². The van der Waals surface area contributed by atoms with Crippen LogP contribution in [-0.4, -0.2) is 77.4 Å². The molecule has 2 N–H and O–H groups in total. The molecule has 1 heterocycles. The van der Waals surface area contributed by atoms with Crippen LogP contribution in [0.1, 0.15) is 42.1 Å². The molecule has 3 aromatic carbocycles. The summed E-state index contributed by atoms with van der Waals surface area (Å²) in [4.78, 5) is 50.4. The fourth-order valence-electron chi connectivity index (χ4n) is 4.11. The van der Waals surface area contributed by atoms with Crippen LogP contribution >= 0.6 is 11.6 Å². The molecule has 0 fully saturated rings. The third-order valence-corrected chi connectivity index (χ3v) is 6.27. The zero-order valence-corrected chi connectivity index (χ0v) is 24.7. The summed E-state index contributed by atoms with van der Waals surface area (Å²) in [5.74, 6) is -1.84. The molecule has 40 heavy (non-hydrogen) atoms. The molecular formula is C29H26CaClN3O6. The third kappa shape index (κ3) is 7.17. The smallest absolute Gasteiger partial charge is 1.00 e. The van der Waals surface area contributed by atoms with Gasteiger partial charge in [0.1, 0.15) is 6.04 Å². The number of hydrogen-bond acceptors (Lipinski definition) is 6. The van der Waals surface area contributed by atoms with Crippen LogP contribution in [0.25, 0.3) is 11.1 Å². The fourth-order valence-corrected chi connectivity index (χ4v) is 4.29. The van der Waals surface area contributed by atoms with Gasteiger partial charge in [0.25, 0.3) is 5.56 Å². The minimum absolute atomic E-state index is 0.